The molecule has 0 heterocycles. The smallest absolute Gasteiger partial charge is 0.336 e. The first-order chi connectivity index (χ1) is 10.5. The van der Waals surface area contributed by atoms with Gasteiger partial charge in [-0.25, -0.2) is 4.79 Å². The van der Waals surface area contributed by atoms with Crippen molar-refractivity contribution in [2.45, 2.75) is 0 Å². The van der Waals surface area contributed by atoms with E-state index in [9.17, 15) is 9.90 Å². The molecule has 0 amide bonds. The summed E-state index contributed by atoms with van der Waals surface area (Å²) in [4.78, 5) is 11.6. The maximum Gasteiger partial charge on any atom is 0.336 e. The van der Waals surface area contributed by atoms with Crippen molar-refractivity contribution in [3.05, 3.63) is 58.1 Å². The number of methoxy groups -OCH3 is 2. The van der Waals surface area contributed by atoms with Gasteiger partial charge in [-0.15, -0.1) is 0 Å². The Labute approximate surface area is 137 Å². The van der Waals surface area contributed by atoms with E-state index in [0.717, 1.165) is 10.0 Å². The van der Waals surface area contributed by atoms with Crippen LogP contribution in [0.15, 0.2) is 46.9 Å². The number of rotatable bonds is 5. The Balaban J connectivity index is 2.48. The van der Waals surface area contributed by atoms with E-state index in [0.29, 0.717) is 17.1 Å². The average Bonchev–Trinajstić information content (AvgIpc) is 2.53. The molecule has 0 unspecified atom stereocenters. The van der Waals surface area contributed by atoms with Gasteiger partial charge in [-0.05, 0) is 41.5 Å². The molecule has 2 aromatic carbocycles. The van der Waals surface area contributed by atoms with Gasteiger partial charge in [-0.2, -0.15) is 0 Å². The molecule has 0 saturated carbocycles. The number of halogens is 1. The lowest BCUT2D eigenvalue weighted by Crippen LogP contribution is -2.01. The number of hydrogen-bond donors (Lipinski definition) is 1. The molecule has 0 aliphatic heterocycles. The fourth-order valence-corrected chi connectivity index (χ4v) is 2.26. The van der Waals surface area contributed by atoms with Gasteiger partial charge in [0.25, 0.3) is 0 Å². The number of aliphatic carboxylic acids is 1. The Morgan fingerprint density at radius 2 is 1.68 bits per heavy atom. The molecule has 22 heavy (non-hydrogen) atoms. The van der Waals surface area contributed by atoms with Crippen LogP contribution in [-0.2, 0) is 4.79 Å². The fourth-order valence-electron chi connectivity index (χ4n) is 2.00. The molecule has 2 rings (SSSR count). The Kier molecular flexibility index (Phi) is 5.22. The summed E-state index contributed by atoms with van der Waals surface area (Å²) in [5.74, 6) is 0.0396. The highest BCUT2D eigenvalue weighted by molar-refractivity contribution is 9.10. The number of carboxylic acids is 1. The molecule has 0 spiro atoms. The van der Waals surface area contributed by atoms with Crippen molar-refractivity contribution < 1.29 is 19.4 Å². The summed E-state index contributed by atoms with van der Waals surface area (Å²) in [5, 5.41) is 9.48. The van der Waals surface area contributed by atoms with Gasteiger partial charge in [-0.3, -0.25) is 0 Å². The van der Waals surface area contributed by atoms with Crippen molar-refractivity contribution in [3.63, 3.8) is 0 Å². The van der Waals surface area contributed by atoms with E-state index in [2.05, 4.69) is 15.9 Å². The quantitative estimate of drug-likeness (QED) is 0.642. The van der Waals surface area contributed by atoms with Gasteiger partial charge >= 0.3 is 5.97 Å². The maximum atomic E-state index is 11.6. The predicted molar refractivity (Wildman–Crippen MR) is 89.2 cm³/mol. The zero-order chi connectivity index (χ0) is 16.1. The molecule has 0 aliphatic carbocycles. The van der Waals surface area contributed by atoms with Crippen molar-refractivity contribution in [1.29, 1.82) is 0 Å². The van der Waals surface area contributed by atoms with Crippen LogP contribution in [0.5, 0.6) is 11.5 Å². The SMILES string of the molecule is COc1ccc(/C(=C/c2ccc(Br)cc2)C(=O)O)cc1OC. The Morgan fingerprint density at radius 3 is 2.23 bits per heavy atom. The lowest BCUT2D eigenvalue weighted by atomic mass is 10.0. The van der Waals surface area contributed by atoms with Crippen LogP contribution in [0.3, 0.4) is 0 Å². The van der Waals surface area contributed by atoms with Crippen LogP contribution in [0.1, 0.15) is 11.1 Å². The molecule has 0 saturated heterocycles. The van der Waals surface area contributed by atoms with Crippen molar-refractivity contribution in [1.82, 2.24) is 0 Å². The minimum Gasteiger partial charge on any atom is -0.493 e. The largest absolute Gasteiger partial charge is 0.493 e. The summed E-state index contributed by atoms with van der Waals surface area (Å²) in [7, 11) is 3.05. The van der Waals surface area contributed by atoms with E-state index in [1.807, 2.05) is 24.3 Å². The van der Waals surface area contributed by atoms with E-state index in [4.69, 9.17) is 9.47 Å². The highest BCUT2D eigenvalue weighted by Crippen LogP contribution is 2.31. The Morgan fingerprint density at radius 1 is 1.05 bits per heavy atom. The summed E-state index contributed by atoms with van der Waals surface area (Å²) < 4.78 is 11.3. The molecule has 114 valence electrons. The van der Waals surface area contributed by atoms with Gasteiger partial charge < -0.3 is 14.6 Å². The van der Waals surface area contributed by atoms with Crippen LogP contribution in [0.4, 0.5) is 0 Å². The first kappa shape index (κ1) is 16.1. The molecule has 0 aliphatic rings. The van der Waals surface area contributed by atoms with Crippen LogP contribution >= 0.6 is 15.9 Å². The van der Waals surface area contributed by atoms with E-state index in [1.54, 1.807) is 24.3 Å². The lowest BCUT2D eigenvalue weighted by molar-refractivity contribution is -0.130. The number of benzene rings is 2. The Hall–Kier alpha value is -2.27. The molecular weight excluding hydrogens is 348 g/mol. The second kappa shape index (κ2) is 7.13. The molecule has 0 aromatic heterocycles. The number of ether oxygens (including phenoxy) is 2. The second-order valence-electron chi connectivity index (χ2n) is 4.48. The fraction of sp³-hybridized carbons (Fsp3) is 0.118. The summed E-state index contributed by atoms with van der Waals surface area (Å²) >= 11 is 3.35. The first-order valence-corrected chi connectivity index (χ1v) is 7.27. The minimum atomic E-state index is -1.00. The molecule has 0 atom stereocenters. The summed E-state index contributed by atoms with van der Waals surface area (Å²) in [5.41, 5.74) is 1.53. The second-order valence-corrected chi connectivity index (χ2v) is 5.40. The normalized spacial score (nSPS) is 11.1. The van der Waals surface area contributed by atoms with Crippen LogP contribution in [0.25, 0.3) is 11.6 Å². The van der Waals surface area contributed by atoms with E-state index < -0.39 is 5.97 Å². The molecule has 2 aromatic rings. The van der Waals surface area contributed by atoms with Crippen LogP contribution < -0.4 is 9.47 Å². The monoisotopic (exact) mass is 362 g/mol. The van der Waals surface area contributed by atoms with Crippen LogP contribution in [0, 0.1) is 0 Å². The molecule has 0 fully saturated rings. The third-order valence-electron chi connectivity index (χ3n) is 3.11. The molecule has 4 nitrogen and oxygen atoms in total. The maximum absolute atomic E-state index is 11.6. The summed E-state index contributed by atoms with van der Waals surface area (Å²) in [6, 6.07) is 12.4. The van der Waals surface area contributed by atoms with Crippen molar-refractivity contribution in [2.75, 3.05) is 14.2 Å². The molecule has 1 N–H and O–H groups in total. The van der Waals surface area contributed by atoms with Gasteiger partial charge in [0, 0.05) is 4.47 Å². The number of carboxylic acid groups (broad SMARTS) is 1. The highest BCUT2D eigenvalue weighted by Gasteiger charge is 2.13. The zero-order valence-corrected chi connectivity index (χ0v) is 13.8. The van der Waals surface area contributed by atoms with Crippen LogP contribution in [0.2, 0.25) is 0 Å². The topological polar surface area (TPSA) is 55.8 Å². The first-order valence-electron chi connectivity index (χ1n) is 6.48. The third-order valence-corrected chi connectivity index (χ3v) is 3.63. The average molecular weight is 363 g/mol. The van der Waals surface area contributed by atoms with E-state index in [1.165, 1.54) is 14.2 Å². The third kappa shape index (κ3) is 3.68. The predicted octanol–water partition coefficient (Wildman–Crippen LogP) is 4.09. The van der Waals surface area contributed by atoms with Crippen LogP contribution in [-0.4, -0.2) is 25.3 Å². The van der Waals surface area contributed by atoms with Gasteiger partial charge in [-0.1, -0.05) is 34.1 Å². The van der Waals surface area contributed by atoms with E-state index >= 15 is 0 Å². The summed E-state index contributed by atoms with van der Waals surface area (Å²) in [6.45, 7) is 0. The molecule has 5 heteroatoms. The Bertz CT molecular complexity index is 705. The van der Waals surface area contributed by atoms with E-state index in [-0.39, 0.29) is 5.57 Å². The van der Waals surface area contributed by atoms with Crippen molar-refractivity contribution >= 4 is 33.5 Å². The minimum absolute atomic E-state index is 0.184. The number of hydrogen-bond acceptors (Lipinski definition) is 3. The summed E-state index contributed by atoms with van der Waals surface area (Å²) in [6.07, 6.45) is 1.62. The number of carbonyl (C=O) groups is 1. The lowest BCUT2D eigenvalue weighted by Gasteiger charge is -2.10. The zero-order valence-electron chi connectivity index (χ0n) is 12.2. The highest BCUT2D eigenvalue weighted by atomic mass is 79.9. The molecular formula is C17H15BrO4. The van der Waals surface area contributed by atoms with Gasteiger partial charge in [0.15, 0.2) is 11.5 Å². The van der Waals surface area contributed by atoms with Crippen molar-refractivity contribution in [2.24, 2.45) is 0 Å². The van der Waals surface area contributed by atoms with Gasteiger partial charge in [0.2, 0.25) is 0 Å². The van der Waals surface area contributed by atoms with Gasteiger partial charge in [0.1, 0.15) is 0 Å². The van der Waals surface area contributed by atoms with Crippen molar-refractivity contribution in [3.8, 4) is 11.5 Å². The molecule has 0 radical (unpaired) electrons. The van der Waals surface area contributed by atoms with Gasteiger partial charge in [0.05, 0.1) is 19.8 Å². The standard InChI is InChI=1S/C17H15BrO4/c1-21-15-8-5-12(10-16(15)22-2)14(17(19)20)9-11-3-6-13(18)7-4-11/h3-10H,1-2H3,(H,19,20)/b14-9-. The molecule has 0 bridgehead atoms.